The van der Waals surface area contributed by atoms with E-state index in [1.165, 1.54) is 12.1 Å². The summed E-state index contributed by atoms with van der Waals surface area (Å²) in [6.07, 6.45) is 1.07. The van der Waals surface area contributed by atoms with Crippen LogP contribution in [0.3, 0.4) is 0 Å². The maximum Gasteiger partial charge on any atom is 0.169 e. The SMILES string of the molecule is Cc1cccc(CN2CCCN(C(=S)NC(C)c3ccc(F)cc3)CC2)n1. The quantitative estimate of drug-likeness (QED) is 0.811. The average Bonchev–Trinajstić information content (AvgIpc) is 2.88. The van der Waals surface area contributed by atoms with Gasteiger partial charge >= 0.3 is 0 Å². The smallest absolute Gasteiger partial charge is 0.169 e. The van der Waals surface area contributed by atoms with Crippen LogP contribution in [0.25, 0.3) is 0 Å². The van der Waals surface area contributed by atoms with Crippen LogP contribution < -0.4 is 5.32 Å². The number of hydrogen-bond acceptors (Lipinski definition) is 3. The van der Waals surface area contributed by atoms with Gasteiger partial charge in [-0.2, -0.15) is 0 Å². The molecular weight excluding hydrogens is 359 g/mol. The summed E-state index contributed by atoms with van der Waals surface area (Å²) in [5, 5.41) is 4.16. The molecule has 1 aliphatic heterocycles. The Balaban J connectivity index is 1.52. The normalized spacial score (nSPS) is 16.6. The number of thiocarbonyl (C=S) groups is 1. The van der Waals surface area contributed by atoms with E-state index >= 15 is 0 Å². The van der Waals surface area contributed by atoms with Crippen LogP contribution in [0, 0.1) is 12.7 Å². The van der Waals surface area contributed by atoms with Gasteiger partial charge in [0, 0.05) is 38.4 Å². The second kappa shape index (κ2) is 9.24. The van der Waals surface area contributed by atoms with Gasteiger partial charge in [-0.25, -0.2) is 4.39 Å². The number of aromatic nitrogens is 1. The molecule has 1 aromatic heterocycles. The summed E-state index contributed by atoms with van der Waals surface area (Å²) < 4.78 is 13.1. The molecule has 0 radical (unpaired) electrons. The van der Waals surface area contributed by atoms with Gasteiger partial charge < -0.3 is 10.2 Å². The molecular formula is C21H27FN4S. The summed E-state index contributed by atoms with van der Waals surface area (Å²) in [5.74, 6) is -0.218. The van der Waals surface area contributed by atoms with Crippen molar-refractivity contribution in [1.82, 2.24) is 20.1 Å². The van der Waals surface area contributed by atoms with Crippen molar-refractivity contribution in [3.05, 3.63) is 65.2 Å². The largest absolute Gasteiger partial charge is 0.356 e. The molecule has 1 N–H and O–H groups in total. The zero-order valence-electron chi connectivity index (χ0n) is 16.0. The number of rotatable bonds is 4. The number of nitrogens with zero attached hydrogens (tertiary/aromatic N) is 3. The van der Waals surface area contributed by atoms with Crippen molar-refractivity contribution < 1.29 is 4.39 Å². The fourth-order valence-electron chi connectivity index (χ4n) is 3.36. The Hall–Kier alpha value is -2.05. The van der Waals surface area contributed by atoms with Gasteiger partial charge in [0.05, 0.1) is 11.7 Å². The minimum Gasteiger partial charge on any atom is -0.356 e. The van der Waals surface area contributed by atoms with Gasteiger partial charge in [0.15, 0.2) is 5.11 Å². The molecule has 2 aromatic rings. The highest BCUT2D eigenvalue weighted by molar-refractivity contribution is 7.80. The molecule has 1 saturated heterocycles. The Morgan fingerprint density at radius 2 is 1.93 bits per heavy atom. The molecule has 1 aliphatic rings. The standard InChI is InChI=1S/C21H27FN4S/c1-16-5-3-6-20(23-16)15-25-11-4-12-26(14-13-25)21(27)24-17(2)18-7-9-19(22)10-8-18/h3,5-10,17H,4,11-15H2,1-2H3,(H,24,27). The minimum absolute atomic E-state index is 0.0500. The van der Waals surface area contributed by atoms with Crippen LogP contribution in [0.4, 0.5) is 4.39 Å². The summed E-state index contributed by atoms with van der Waals surface area (Å²) >= 11 is 5.63. The van der Waals surface area contributed by atoms with E-state index in [0.717, 1.165) is 61.2 Å². The third-order valence-corrected chi connectivity index (χ3v) is 5.29. The monoisotopic (exact) mass is 386 g/mol. The lowest BCUT2D eigenvalue weighted by atomic mass is 10.1. The highest BCUT2D eigenvalue weighted by atomic mass is 32.1. The predicted octanol–water partition coefficient (Wildman–Crippen LogP) is 3.67. The minimum atomic E-state index is -0.218. The Labute approximate surface area is 166 Å². The Morgan fingerprint density at radius 1 is 1.15 bits per heavy atom. The summed E-state index contributed by atoms with van der Waals surface area (Å²) in [6, 6.07) is 12.8. The van der Waals surface area contributed by atoms with Gasteiger partial charge in [-0.15, -0.1) is 0 Å². The van der Waals surface area contributed by atoms with Crippen molar-refractivity contribution in [3.8, 4) is 0 Å². The fourth-order valence-corrected chi connectivity index (χ4v) is 3.72. The van der Waals surface area contributed by atoms with Crippen molar-refractivity contribution in [2.45, 2.75) is 32.9 Å². The first-order valence-corrected chi connectivity index (χ1v) is 9.88. The van der Waals surface area contributed by atoms with E-state index in [-0.39, 0.29) is 11.9 Å². The maximum atomic E-state index is 13.1. The number of benzene rings is 1. The zero-order chi connectivity index (χ0) is 19.2. The molecule has 0 spiro atoms. The van der Waals surface area contributed by atoms with Gasteiger partial charge in [-0.05, 0) is 62.3 Å². The molecule has 2 heterocycles. The van der Waals surface area contributed by atoms with E-state index in [1.54, 1.807) is 12.1 Å². The van der Waals surface area contributed by atoms with Gasteiger partial charge in [-0.3, -0.25) is 9.88 Å². The number of halogens is 1. The predicted molar refractivity (Wildman–Crippen MR) is 111 cm³/mol. The van der Waals surface area contributed by atoms with Crippen molar-refractivity contribution >= 4 is 17.3 Å². The highest BCUT2D eigenvalue weighted by Gasteiger charge is 2.18. The first-order chi connectivity index (χ1) is 13.0. The van der Waals surface area contributed by atoms with Gasteiger partial charge in [-0.1, -0.05) is 18.2 Å². The third kappa shape index (κ3) is 5.71. The molecule has 1 unspecified atom stereocenters. The Bertz CT molecular complexity index is 765. The Kier molecular flexibility index (Phi) is 6.74. The summed E-state index contributed by atoms with van der Waals surface area (Å²) in [7, 11) is 0. The lowest BCUT2D eigenvalue weighted by Gasteiger charge is -2.27. The topological polar surface area (TPSA) is 31.4 Å². The molecule has 27 heavy (non-hydrogen) atoms. The van der Waals surface area contributed by atoms with Crippen LogP contribution in [0.5, 0.6) is 0 Å². The lowest BCUT2D eigenvalue weighted by Crippen LogP contribution is -2.42. The molecule has 6 heteroatoms. The van der Waals surface area contributed by atoms with E-state index in [1.807, 2.05) is 19.9 Å². The first kappa shape index (κ1) is 19.7. The highest BCUT2D eigenvalue weighted by Crippen LogP contribution is 2.14. The molecule has 0 aliphatic carbocycles. The van der Waals surface area contributed by atoms with Gasteiger partial charge in [0.1, 0.15) is 5.82 Å². The fraction of sp³-hybridized carbons (Fsp3) is 0.429. The summed E-state index contributed by atoms with van der Waals surface area (Å²) in [6.45, 7) is 8.80. The molecule has 1 aromatic carbocycles. The van der Waals surface area contributed by atoms with E-state index in [9.17, 15) is 4.39 Å². The van der Waals surface area contributed by atoms with Crippen molar-refractivity contribution in [3.63, 3.8) is 0 Å². The van der Waals surface area contributed by atoms with Crippen molar-refractivity contribution in [2.75, 3.05) is 26.2 Å². The summed E-state index contributed by atoms with van der Waals surface area (Å²) in [5.41, 5.74) is 3.21. The molecule has 3 rings (SSSR count). The van der Waals surface area contributed by atoms with Crippen molar-refractivity contribution in [1.29, 1.82) is 0 Å². The maximum absolute atomic E-state index is 13.1. The van der Waals surface area contributed by atoms with Crippen molar-refractivity contribution in [2.24, 2.45) is 0 Å². The van der Waals surface area contributed by atoms with Crippen LogP contribution >= 0.6 is 12.2 Å². The number of nitrogens with one attached hydrogen (secondary N) is 1. The average molecular weight is 387 g/mol. The van der Waals surface area contributed by atoms with Gasteiger partial charge in [0.25, 0.3) is 0 Å². The molecule has 0 amide bonds. The van der Waals surface area contributed by atoms with Crippen LogP contribution in [0.15, 0.2) is 42.5 Å². The van der Waals surface area contributed by atoms with Crippen LogP contribution in [-0.2, 0) is 6.54 Å². The molecule has 0 saturated carbocycles. The number of aryl methyl sites for hydroxylation is 1. The van der Waals surface area contributed by atoms with E-state index in [0.29, 0.717) is 0 Å². The zero-order valence-corrected chi connectivity index (χ0v) is 16.8. The number of pyridine rings is 1. The van der Waals surface area contributed by atoms with Crippen LogP contribution in [0.1, 0.15) is 36.3 Å². The van der Waals surface area contributed by atoms with E-state index in [2.05, 4.69) is 32.2 Å². The molecule has 0 bridgehead atoms. The second-order valence-corrected chi connectivity index (χ2v) is 7.50. The second-order valence-electron chi connectivity index (χ2n) is 7.11. The first-order valence-electron chi connectivity index (χ1n) is 9.47. The van der Waals surface area contributed by atoms with E-state index in [4.69, 9.17) is 12.2 Å². The van der Waals surface area contributed by atoms with Gasteiger partial charge in [0.2, 0.25) is 0 Å². The molecule has 1 fully saturated rings. The number of hydrogen-bond donors (Lipinski definition) is 1. The van der Waals surface area contributed by atoms with Crippen LogP contribution in [0.2, 0.25) is 0 Å². The molecule has 144 valence electrons. The molecule has 1 atom stereocenters. The Morgan fingerprint density at radius 3 is 2.67 bits per heavy atom. The lowest BCUT2D eigenvalue weighted by molar-refractivity contribution is 0.274. The van der Waals surface area contributed by atoms with E-state index < -0.39 is 0 Å². The summed E-state index contributed by atoms with van der Waals surface area (Å²) in [4.78, 5) is 9.28. The molecule has 4 nitrogen and oxygen atoms in total. The third-order valence-electron chi connectivity index (χ3n) is 4.92. The van der Waals surface area contributed by atoms with Crippen LogP contribution in [-0.4, -0.2) is 46.1 Å².